The van der Waals surface area contributed by atoms with Gasteiger partial charge in [-0.1, -0.05) is 41.6 Å². The fraction of sp³-hybridized carbons (Fsp3) is 0.731. The topological polar surface area (TPSA) is 51.2 Å². The molecular weight excluding hydrogens is 467 g/mol. The van der Waals surface area contributed by atoms with Crippen LogP contribution in [-0.4, -0.2) is 70.5 Å². The molecule has 0 amide bonds. The van der Waals surface area contributed by atoms with Crippen molar-refractivity contribution in [1.82, 2.24) is 9.34 Å². The van der Waals surface area contributed by atoms with Gasteiger partial charge < -0.3 is 14.0 Å². The average molecular weight is 515 g/mol. The lowest BCUT2D eigenvalue weighted by molar-refractivity contribution is -0.152. The van der Waals surface area contributed by atoms with Gasteiger partial charge in [-0.2, -0.15) is 0 Å². The van der Waals surface area contributed by atoms with Gasteiger partial charge in [0.1, 0.15) is 6.61 Å². The zero-order valence-corrected chi connectivity index (χ0v) is 24.6. The van der Waals surface area contributed by atoms with Crippen LogP contribution in [0.2, 0.25) is 0 Å². The van der Waals surface area contributed by atoms with Crippen LogP contribution in [0.3, 0.4) is 0 Å². The Balaban J connectivity index is 2.75. The molecule has 1 aromatic carbocycles. The molecule has 1 rings (SSSR count). The van der Waals surface area contributed by atoms with Gasteiger partial charge >= 0.3 is 0 Å². The summed E-state index contributed by atoms with van der Waals surface area (Å²) in [6.07, 6.45) is -0.465. The monoisotopic (exact) mass is 514 g/mol. The molecule has 0 aliphatic carbocycles. The second-order valence-corrected chi connectivity index (χ2v) is 12.2. The smallest absolute Gasteiger partial charge is 0.219 e. The van der Waals surface area contributed by atoms with Crippen LogP contribution in [0.1, 0.15) is 78.2 Å². The SMILES string of the molecule is CCOC(COP(N(C(C)C)C(C)C)N(C(C)C)C(C)C)OCCSC(=O)c1ccc(C)cc1. The molecule has 1 aromatic rings. The summed E-state index contributed by atoms with van der Waals surface area (Å²) >= 11 is 1.27. The van der Waals surface area contributed by atoms with Crippen LogP contribution in [-0.2, 0) is 14.0 Å². The Morgan fingerprint density at radius 1 is 0.882 bits per heavy atom. The number of carbonyl (C=O) groups is 1. The highest BCUT2D eigenvalue weighted by atomic mass is 32.2. The summed E-state index contributed by atoms with van der Waals surface area (Å²) < 4.78 is 23.3. The first-order chi connectivity index (χ1) is 16.0. The average Bonchev–Trinajstić information content (AvgIpc) is 2.73. The Morgan fingerprint density at radius 2 is 1.38 bits per heavy atom. The van der Waals surface area contributed by atoms with Crippen LogP contribution in [0.25, 0.3) is 0 Å². The Kier molecular flexibility index (Phi) is 15.1. The lowest BCUT2D eigenvalue weighted by Gasteiger charge is -2.45. The Labute approximate surface area is 214 Å². The van der Waals surface area contributed by atoms with Crippen molar-refractivity contribution < 1.29 is 18.8 Å². The van der Waals surface area contributed by atoms with Crippen molar-refractivity contribution in [2.45, 2.75) is 99.7 Å². The fourth-order valence-electron chi connectivity index (χ4n) is 3.78. The highest BCUT2D eigenvalue weighted by Gasteiger charge is 2.35. The van der Waals surface area contributed by atoms with Crippen molar-refractivity contribution in [1.29, 1.82) is 0 Å². The fourth-order valence-corrected chi connectivity index (χ4v) is 6.79. The van der Waals surface area contributed by atoms with Crippen molar-refractivity contribution in [3.63, 3.8) is 0 Å². The lowest BCUT2D eigenvalue weighted by atomic mass is 10.2. The van der Waals surface area contributed by atoms with Gasteiger partial charge in [-0.25, -0.2) is 9.34 Å². The van der Waals surface area contributed by atoms with Crippen LogP contribution in [0, 0.1) is 6.92 Å². The molecule has 0 aliphatic rings. The quantitative estimate of drug-likeness (QED) is 0.138. The van der Waals surface area contributed by atoms with E-state index in [1.165, 1.54) is 11.8 Å². The Bertz CT molecular complexity index is 665. The molecule has 0 saturated carbocycles. The predicted molar refractivity (Wildman–Crippen MR) is 146 cm³/mol. The van der Waals surface area contributed by atoms with E-state index in [9.17, 15) is 4.79 Å². The van der Waals surface area contributed by atoms with Gasteiger partial charge in [-0.15, -0.1) is 0 Å². The first-order valence-corrected chi connectivity index (χ1v) is 14.6. The maximum absolute atomic E-state index is 12.4. The number of benzene rings is 1. The van der Waals surface area contributed by atoms with Crippen LogP contribution in [0.4, 0.5) is 0 Å². The number of rotatable bonds is 16. The molecule has 0 bridgehead atoms. The highest BCUT2D eigenvalue weighted by Crippen LogP contribution is 2.50. The number of aryl methyl sites for hydroxylation is 1. The molecule has 6 nitrogen and oxygen atoms in total. The van der Waals surface area contributed by atoms with Gasteiger partial charge in [-0.05, 0) is 69.2 Å². The Morgan fingerprint density at radius 3 is 1.82 bits per heavy atom. The standard InChI is InChI=1S/C26H47N2O4PS/c1-11-30-25(31-16-17-34-26(29)24-14-12-23(10)13-15-24)18-32-33(27(19(2)3)20(4)5)28(21(6)7)22(8)9/h12-15,19-22,25H,11,16-18H2,1-10H3. The summed E-state index contributed by atoms with van der Waals surface area (Å²) in [5, 5.41) is 0.0605. The summed E-state index contributed by atoms with van der Waals surface area (Å²) in [5.41, 5.74) is 1.86. The van der Waals surface area contributed by atoms with Gasteiger partial charge in [-0.3, -0.25) is 4.79 Å². The van der Waals surface area contributed by atoms with Gasteiger partial charge in [0.15, 0.2) is 14.7 Å². The van der Waals surface area contributed by atoms with E-state index in [0.717, 1.165) is 11.1 Å². The van der Waals surface area contributed by atoms with Crippen molar-refractivity contribution in [3.05, 3.63) is 35.4 Å². The zero-order valence-electron chi connectivity index (χ0n) is 22.9. The third kappa shape index (κ3) is 10.6. The predicted octanol–water partition coefficient (Wildman–Crippen LogP) is 6.73. The Hall–Kier alpha value is -0.530. The number of nitrogens with zero attached hydrogens (tertiary/aromatic N) is 2. The van der Waals surface area contributed by atoms with E-state index in [1.54, 1.807) is 0 Å². The van der Waals surface area contributed by atoms with E-state index in [0.29, 0.717) is 49.7 Å². The summed E-state index contributed by atoms with van der Waals surface area (Å²) in [7, 11) is -1.00. The minimum absolute atomic E-state index is 0.0605. The van der Waals surface area contributed by atoms with Crippen molar-refractivity contribution in [2.75, 3.05) is 25.6 Å². The normalized spacial score (nSPS) is 13.4. The molecule has 1 unspecified atom stereocenters. The minimum Gasteiger partial charge on any atom is -0.351 e. The van der Waals surface area contributed by atoms with E-state index in [2.05, 4.69) is 64.7 Å². The van der Waals surface area contributed by atoms with E-state index >= 15 is 0 Å². The second kappa shape index (κ2) is 16.3. The second-order valence-electron chi connectivity index (χ2n) is 9.44. The van der Waals surface area contributed by atoms with Crippen LogP contribution in [0.15, 0.2) is 24.3 Å². The van der Waals surface area contributed by atoms with Gasteiger partial charge in [0.25, 0.3) is 0 Å². The van der Waals surface area contributed by atoms with Crippen LogP contribution in [0.5, 0.6) is 0 Å². The van der Waals surface area contributed by atoms with Crippen LogP contribution >= 0.6 is 20.2 Å². The molecule has 0 spiro atoms. The van der Waals surface area contributed by atoms with E-state index < -0.39 is 14.7 Å². The van der Waals surface area contributed by atoms with Gasteiger partial charge in [0, 0.05) is 42.1 Å². The van der Waals surface area contributed by atoms with Gasteiger partial charge in [0.05, 0.1) is 6.61 Å². The summed E-state index contributed by atoms with van der Waals surface area (Å²) in [6, 6.07) is 9.05. The maximum Gasteiger partial charge on any atom is 0.219 e. The summed E-state index contributed by atoms with van der Waals surface area (Å²) in [5.74, 6) is 0.569. The van der Waals surface area contributed by atoms with E-state index in [-0.39, 0.29) is 5.12 Å². The third-order valence-corrected chi connectivity index (χ3v) is 8.98. The molecule has 0 radical (unpaired) electrons. The molecule has 0 saturated heterocycles. The molecular formula is C26H47N2O4PS. The number of thioether (sulfide) groups is 1. The molecule has 196 valence electrons. The molecule has 0 fully saturated rings. The molecule has 34 heavy (non-hydrogen) atoms. The molecule has 8 heteroatoms. The van der Waals surface area contributed by atoms with Crippen LogP contribution < -0.4 is 0 Å². The van der Waals surface area contributed by atoms with E-state index in [1.807, 2.05) is 38.1 Å². The number of carbonyl (C=O) groups excluding carboxylic acids is 1. The first-order valence-electron chi connectivity index (χ1n) is 12.5. The lowest BCUT2D eigenvalue weighted by Crippen LogP contribution is -2.44. The van der Waals surface area contributed by atoms with Crippen molar-refractivity contribution in [3.8, 4) is 0 Å². The van der Waals surface area contributed by atoms with Gasteiger partial charge in [0.2, 0.25) is 5.12 Å². The summed E-state index contributed by atoms with van der Waals surface area (Å²) in [6.45, 7) is 23.0. The zero-order chi connectivity index (χ0) is 25.8. The molecule has 0 N–H and O–H groups in total. The number of hydrogen-bond acceptors (Lipinski definition) is 7. The number of ether oxygens (including phenoxy) is 2. The largest absolute Gasteiger partial charge is 0.351 e. The molecule has 0 aromatic heterocycles. The molecule has 0 aliphatic heterocycles. The molecule has 0 heterocycles. The first kappa shape index (κ1) is 31.5. The number of hydrogen-bond donors (Lipinski definition) is 0. The minimum atomic E-state index is -1.00. The van der Waals surface area contributed by atoms with Crippen molar-refractivity contribution in [2.24, 2.45) is 0 Å². The van der Waals surface area contributed by atoms with E-state index in [4.69, 9.17) is 14.0 Å². The molecule has 1 atom stereocenters. The van der Waals surface area contributed by atoms with Crippen molar-refractivity contribution >= 4 is 25.3 Å². The highest BCUT2D eigenvalue weighted by molar-refractivity contribution is 8.14. The third-order valence-electron chi connectivity index (χ3n) is 5.10. The maximum atomic E-state index is 12.4. The summed E-state index contributed by atoms with van der Waals surface area (Å²) in [4.78, 5) is 12.4.